The van der Waals surface area contributed by atoms with Gasteiger partial charge in [0.05, 0.1) is 21.8 Å². The Morgan fingerprint density at radius 2 is 1.83 bits per heavy atom. The summed E-state index contributed by atoms with van der Waals surface area (Å²) in [4.78, 5) is 11.8. The standard InChI is InChI=1S/C19H12F3N3O2S2/c20-19(21,22)17-10-15(16-4-2-8-28-16)24-18(25-17)29(26,27)11-12-5-6-14-13(9-12)3-1-7-23-14/h1-10H,11H2. The van der Waals surface area contributed by atoms with E-state index in [9.17, 15) is 21.6 Å². The van der Waals surface area contributed by atoms with Crippen molar-refractivity contribution in [3.05, 3.63) is 71.4 Å². The van der Waals surface area contributed by atoms with Crippen molar-refractivity contribution >= 4 is 32.1 Å². The number of benzene rings is 1. The van der Waals surface area contributed by atoms with Gasteiger partial charge in [-0.15, -0.1) is 11.3 Å². The summed E-state index contributed by atoms with van der Waals surface area (Å²) in [5, 5.41) is 1.55. The molecule has 0 spiro atoms. The fourth-order valence-corrected chi connectivity index (χ4v) is 4.67. The van der Waals surface area contributed by atoms with Crippen LogP contribution in [0.1, 0.15) is 11.3 Å². The van der Waals surface area contributed by atoms with Crippen LogP contribution in [-0.4, -0.2) is 23.4 Å². The minimum atomic E-state index is -4.80. The van der Waals surface area contributed by atoms with Gasteiger partial charge < -0.3 is 0 Å². The van der Waals surface area contributed by atoms with E-state index < -0.39 is 32.6 Å². The number of nitrogens with zero attached hydrogens (tertiary/aromatic N) is 3. The second-order valence-electron chi connectivity index (χ2n) is 6.19. The molecule has 5 nitrogen and oxygen atoms in total. The summed E-state index contributed by atoms with van der Waals surface area (Å²) in [5.74, 6) is -0.525. The largest absolute Gasteiger partial charge is 0.433 e. The molecule has 4 aromatic rings. The van der Waals surface area contributed by atoms with Crippen molar-refractivity contribution in [2.24, 2.45) is 0 Å². The van der Waals surface area contributed by atoms with E-state index in [0.29, 0.717) is 16.0 Å². The third-order valence-electron chi connectivity index (χ3n) is 4.07. The van der Waals surface area contributed by atoms with E-state index in [1.54, 1.807) is 54.0 Å². The lowest BCUT2D eigenvalue weighted by Gasteiger charge is -2.10. The molecule has 1 aromatic carbocycles. The van der Waals surface area contributed by atoms with E-state index in [1.807, 2.05) is 0 Å². The van der Waals surface area contributed by atoms with Crippen LogP contribution in [-0.2, 0) is 21.8 Å². The zero-order valence-corrected chi connectivity index (χ0v) is 16.2. The molecule has 0 saturated carbocycles. The van der Waals surface area contributed by atoms with Gasteiger partial charge >= 0.3 is 6.18 Å². The van der Waals surface area contributed by atoms with Gasteiger partial charge in [-0.1, -0.05) is 18.2 Å². The van der Waals surface area contributed by atoms with Crippen molar-refractivity contribution < 1.29 is 21.6 Å². The van der Waals surface area contributed by atoms with Gasteiger partial charge in [0.15, 0.2) is 0 Å². The number of hydrogen-bond donors (Lipinski definition) is 0. The normalized spacial score (nSPS) is 12.4. The van der Waals surface area contributed by atoms with Crippen LogP contribution >= 0.6 is 11.3 Å². The predicted molar refractivity (Wildman–Crippen MR) is 103 cm³/mol. The predicted octanol–water partition coefficient (Wildman–Crippen LogP) is 4.75. The Hall–Kier alpha value is -2.85. The molecule has 0 aliphatic carbocycles. The average Bonchev–Trinajstić information content (AvgIpc) is 3.21. The van der Waals surface area contributed by atoms with Crippen LogP contribution in [0.4, 0.5) is 13.2 Å². The first-order valence-electron chi connectivity index (χ1n) is 8.29. The first-order valence-corrected chi connectivity index (χ1v) is 10.8. The molecular weight excluding hydrogens is 423 g/mol. The quantitative estimate of drug-likeness (QED) is 0.433. The fourth-order valence-electron chi connectivity index (χ4n) is 2.76. The van der Waals surface area contributed by atoms with Gasteiger partial charge in [0.1, 0.15) is 5.69 Å². The average molecular weight is 435 g/mol. The van der Waals surface area contributed by atoms with E-state index in [1.165, 1.54) is 0 Å². The molecule has 10 heteroatoms. The third-order valence-corrected chi connectivity index (χ3v) is 6.42. The van der Waals surface area contributed by atoms with Gasteiger partial charge in [0.25, 0.3) is 0 Å². The molecule has 4 rings (SSSR count). The summed E-state index contributed by atoms with van der Waals surface area (Å²) in [5.41, 5.74) is -0.283. The summed E-state index contributed by atoms with van der Waals surface area (Å²) < 4.78 is 65.5. The Morgan fingerprint density at radius 1 is 1.00 bits per heavy atom. The number of thiophene rings is 1. The second kappa shape index (κ2) is 7.20. The van der Waals surface area contributed by atoms with Crippen LogP contribution in [0, 0.1) is 0 Å². The third kappa shape index (κ3) is 4.13. The van der Waals surface area contributed by atoms with Gasteiger partial charge in [-0.2, -0.15) is 13.2 Å². The molecular formula is C19H12F3N3O2S2. The molecule has 0 N–H and O–H groups in total. The lowest BCUT2D eigenvalue weighted by molar-refractivity contribution is -0.141. The summed E-state index contributed by atoms with van der Waals surface area (Å²) in [6.07, 6.45) is -3.19. The first-order chi connectivity index (χ1) is 13.7. The van der Waals surface area contributed by atoms with Crippen LogP contribution in [0.25, 0.3) is 21.5 Å². The van der Waals surface area contributed by atoms with Crippen LogP contribution in [0.5, 0.6) is 0 Å². The topological polar surface area (TPSA) is 72.8 Å². The van der Waals surface area contributed by atoms with Gasteiger partial charge in [-0.25, -0.2) is 18.4 Å². The minimum Gasteiger partial charge on any atom is -0.256 e. The highest BCUT2D eigenvalue weighted by atomic mass is 32.2. The zero-order chi connectivity index (χ0) is 20.6. The van der Waals surface area contributed by atoms with Crippen molar-refractivity contribution in [2.45, 2.75) is 17.1 Å². The second-order valence-corrected chi connectivity index (χ2v) is 9.02. The molecule has 3 heterocycles. The van der Waals surface area contributed by atoms with Crippen molar-refractivity contribution in [2.75, 3.05) is 0 Å². The number of rotatable bonds is 4. The number of pyridine rings is 1. The van der Waals surface area contributed by atoms with E-state index in [4.69, 9.17) is 0 Å². The molecule has 0 radical (unpaired) electrons. The van der Waals surface area contributed by atoms with Crippen molar-refractivity contribution in [1.29, 1.82) is 0 Å². The Kier molecular flexibility index (Phi) is 4.83. The number of halogens is 3. The lowest BCUT2D eigenvalue weighted by Crippen LogP contribution is -2.16. The molecule has 0 amide bonds. The maximum absolute atomic E-state index is 13.3. The smallest absolute Gasteiger partial charge is 0.256 e. The number of aromatic nitrogens is 3. The highest BCUT2D eigenvalue weighted by molar-refractivity contribution is 7.90. The number of sulfone groups is 1. The molecule has 0 aliphatic heterocycles. The lowest BCUT2D eigenvalue weighted by atomic mass is 10.1. The summed E-state index contributed by atoms with van der Waals surface area (Å²) >= 11 is 1.16. The molecule has 29 heavy (non-hydrogen) atoms. The van der Waals surface area contributed by atoms with E-state index in [0.717, 1.165) is 22.8 Å². The summed E-state index contributed by atoms with van der Waals surface area (Å²) in [7, 11) is -4.22. The summed E-state index contributed by atoms with van der Waals surface area (Å²) in [6, 6.07) is 12.3. The van der Waals surface area contributed by atoms with E-state index >= 15 is 0 Å². The molecule has 3 aromatic heterocycles. The SMILES string of the molecule is O=S(=O)(Cc1ccc2ncccc2c1)c1nc(-c2cccs2)cc(C(F)(F)F)n1. The highest BCUT2D eigenvalue weighted by Gasteiger charge is 2.35. The highest BCUT2D eigenvalue weighted by Crippen LogP contribution is 2.32. The van der Waals surface area contributed by atoms with E-state index in [2.05, 4.69) is 15.0 Å². The van der Waals surface area contributed by atoms with Crippen LogP contribution < -0.4 is 0 Å². The maximum atomic E-state index is 13.3. The Bertz CT molecular complexity index is 1290. The molecule has 0 atom stereocenters. The number of alkyl halides is 3. The van der Waals surface area contributed by atoms with Gasteiger partial charge in [0, 0.05) is 11.6 Å². The minimum absolute atomic E-state index is 0.0800. The molecule has 0 aliphatic rings. The Balaban J connectivity index is 1.77. The van der Waals surface area contributed by atoms with E-state index in [-0.39, 0.29) is 5.69 Å². The van der Waals surface area contributed by atoms with Crippen LogP contribution in [0.15, 0.2) is 65.3 Å². The van der Waals surface area contributed by atoms with Crippen molar-refractivity contribution in [3.63, 3.8) is 0 Å². The monoisotopic (exact) mass is 435 g/mol. The number of fused-ring (bicyclic) bond motifs is 1. The molecule has 0 saturated heterocycles. The van der Waals surface area contributed by atoms with Crippen molar-refractivity contribution in [3.8, 4) is 10.6 Å². The fraction of sp³-hybridized carbons (Fsp3) is 0.105. The van der Waals surface area contributed by atoms with Crippen LogP contribution in [0.3, 0.4) is 0 Å². The molecule has 148 valence electrons. The summed E-state index contributed by atoms with van der Waals surface area (Å²) in [6.45, 7) is 0. The maximum Gasteiger partial charge on any atom is 0.433 e. The van der Waals surface area contributed by atoms with Gasteiger partial charge in [0.2, 0.25) is 15.0 Å². The molecule has 0 fully saturated rings. The van der Waals surface area contributed by atoms with Gasteiger partial charge in [-0.05, 0) is 41.3 Å². The molecule has 0 bridgehead atoms. The first kappa shape index (κ1) is 19.5. The number of hydrogen-bond acceptors (Lipinski definition) is 6. The molecule has 0 unspecified atom stereocenters. The zero-order valence-electron chi connectivity index (χ0n) is 14.6. The van der Waals surface area contributed by atoms with Crippen LogP contribution in [0.2, 0.25) is 0 Å². The van der Waals surface area contributed by atoms with Gasteiger partial charge in [-0.3, -0.25) is 4.98 Å². The van der Waals surface area contributed by atoms with Crippen molar-refractivity contribution in [1.82, 2.24) is 15.0 Å². The Morgan fingerprint density at radius 3 is 2.55 bits per heavy atom. The Labute approximate surface area is 167 Å².